The number of hydrogen-bond donors (Lipinski definition) is 1. The van der Waals surface area contributed by atoms with Crippen LogP contribution in [0.5, 0.6) is 17.2 Å². The van der Waals surface area contributed by atoms with Crippen LogP contribution < -0.4 is 19.5 Å². The summed E-state index contributed by atoms with van der Waals surface area (Å²) < 4.78 is 16.1. The van der Waals surface area contributed by atoms with Crippen LogP contribution in [0.25, 0.3) is 6.08 Å². The van der Waals surface area contributed by atoms with Crippen LogP contribution >= 0.6 is 11.8 Å². The van der Waals surface area contributed by atoms with Crippen LogP contribution in [0.4, 0.5) is 5.69 Å². The molecule has 0 spiro atoms. The number of aliphatic imine (C=N–C) groups is 1. The van der Waals surface area contributed by atoms with E-state index in [1.165, 1.54) is 0 Å². The maximum atomic E-state index is 12.5. The molecule has 1 N–H and O–H groups in total. The first-order valence-corrected chi connectivity index (χ1v) is 9.96. The Balaban J connectivity index is 1.44. The summed E-state index contributed by atoms with van der Waals surface area (Å²) in [6, 6.07) is 11.0. The summed E-state index contributed by atoms with van der Waals surface area (Å²) >= 11 is 1.72. The van der Waals surface area contributed by atoms with Gasteiger partial charge in [0.1, 0.15) is 0 Å². The molecule has 4 rings (SSSR count). The van der Waals surface area contributed by atoms with Crippen LogP contribution in [-0.4, -0.2) is 37.2 Å². The number of ether oxygens (including phenoxy) is 3. The molecule has 2 aromatic carbocycles. The number of rotatable bonds is 5. The number of methoxy groups -OCH3 is 1. The molecule has 0 amide bonds. The summed E-state index contributed by atoms with van der Waals surface area (Å²) in [7, 11) is 1.57. The van der Waals surface area contributed by atoms with Crippen molar-refractivity contribution >= 4 is 34.5 Å². The van der Waals surface area contributed by atoms with Crippen molar-refractivity contribution < 1.29 is 19.0 Å². The minimum Gasteiger partial charge on any atom is -0.493 e. The number of ketones is 1. The molecule has 2 aliphatic heterocycles. The molecule has 144 valence electrons. The largest absolute Gasteiger partial charge is 0.493 e. The molecule has 0 atom stereocenters. The molecule has 0 aliphatic carbocycles. The van der Waals surface area contributed by atoms with E-state index < -0.39 is 0 Å². The van der Waals surface area contributed by atoms with Gasteiger partial charge >= 0.3 is 0 Å². The molecule has 0 unspecified atom stereocenters. The van der Waals surface area contributed by atoms with Gasteiger partial charge in [-0.3, -0.25) is 9.79 Å². The third-order valence-electron chi connectivity index (χ3n) is 4.33. The van der Waals surface area contributed by atoms with Gasteiger partial charge in [-0.1, -0.05) is 17.8 Å². The Hall–Kier alpha value is -2.93. The Kier molecular flexibility index (Phi) is 5.53. The standard InChI is InChI=1S/C21H20N2O4S/c1-25-18-11-14(12-19-20(18)27-13-26-19)3-8-17(24)15-4-6-16(7-5-15)23-21-22-9-2-10-28-21/h3-8,11-12H,2,9-10,13H2,1H3,(H,22,23)/b8-3+. The lowest BCUT2D eigenvalue weighted by Crippen LogP contribution is -2.13. The molecule has 0 saturated heterocycles. The van der Waals surface area contributed by atoms with Crippen molar-refractivity contribution in [2.75, 3.05) is 31.5 Å². The zero-order chi connectivity index (χ0) is 19.3. The van der Waals surface area contributed by atoms with Crippen LogP contribution in [0.3, 0.4) is 0 Å². The monoisotopic (exact) mass is 396 g/mol. The molecule has 6 nitrogen and oxygen atoms in total. The average molecular weight is 396 g/mol. The van der Waals surface area contributed by atoms with E-state index in [1.807, 2.05) is 36.4 Å². The van der Waals surface area contributed by atoms with Crippen LogP contribution in [0.15, 0.2) is 47.5 Å². The first-order valence-electron chi connectivity index (χ1n) is 8.97. The summed E-state index contributed by atoms with van der Waals surface area (Å²) in [6.45, 7) is 1.03. The highest BCUT2D eigenvalue weighted by Gasteiger charge is 2.19. The molecule has 0 saturated carbocycles. The van der Waals surface area contributed by atoms with Gasteiger partial charge in [0.15, 0.2) is 22.4 Å². The SMILES string of the molecule is COc1cc(/C=C/C(=O)c2ccc(NC3=NCCCS3)cc2)cc2c1OCO2. The topological polar surface area (TPSA) is 69.2 Å². The first-order chi connectivity index (χ1) is 13.7. The van der Waals surface area contributed by atoms with E-state index in [9.17, 15) is 4.79 Å². The van der Waals surface area contributed by atoms with Gasteiger partial charge in [0.2, 0.25) is 12.5 Å². The van der Waals surface area contributed by atoms with E-state index >= 15 is 0 Å². The molecule has 28 heavy (non-hydrogen) atoms. The van der Waals surface area contributed by atoms with E-state index in [4.69, 9.17) is 14.2 Å². The second kappa shape index (κ2) is 8.39. The quantitative estimate of drug-likeness (QED) is 0.603. The van der Waals surface area contributed by atoms with Gasteiger partial charge < -0.3 is 19.5 Å². The Labute approximate surface area is 167 Å². The molecule has 7 heteroatoms. The Morgan fingerprint density at radius 1 is 1.25 bits per heavy atom. The number of fused-ring (bicyclic) bond motifs is 1. The fourth-order valence-electron chi connectivity index (χ4n) is 2.89. The number of carbonyl (C=O) groups excluding carboxylic acids is 1. The summed E-state index contributed by atoms with van der Waals surface area (Å²) in [5.41, 5.74) is 2.35. The minimum atomic E-state index is -0.0763. The highest BCUT2D eigenvalue weighted by molar-refractivity contribution is 8.14. The van der Waals surface area contributed by atoms with Gasteiger partial charge in [-0.25, -0.2) is 0 Å². The van der Waals surface area contributed by atoms with Crippen LogP contribution in [0.1, 0.15) is 22.3 Å². The van der Waals surface area contributed by atoms with Gasteiger partial charge in [-0.2, -0.15) is 0 Å². The number of nitrogens with one attached hydrogen (secondary N) is 1. The number of amidine groups is 1. The van der Waals surface area contributed by atoms with Crippen LogP contribution in [0.2, 0.25) is 0 Å². The molecular formula is C21H20N2O4S. The van der Waals surface area contributed by atoms with Gasteiger partial charge in [-0.15, -0.1) is 0 Å². The number of anilines is 1. The first kappa shape index (κ1) is 18.4. The highest BCUT2D eigenvalue weighted by Crippen LogP contribution is 2.42. The lowest BCUT2D eigenvalue weighted by molar-refractivity contribution is 0.104. The molecule has 0 fully saturated rings. The number of nitrogens with zero attached hydrogens (tertiary/aromatic N) is 1. The highest BCUT2D eigenvalue weighted by atomic mass is 32.2. The third kappa shape index (κ3) is 4.14. The molecule has 0 radical (unpaired) electrons. The third-order valence-corrected chi connectivity index (χ3v) is 5.32. The average Bonchev–Trinajstić information content (AvgIpc) is 3.21. The van der Waals surface area contributed by atoms with Gasteiger partial charge in [0, 0.05) is 23.5 Å². The van der Waals surface area contributed by atoms with Crippen molar-refractivity contribution in [3.8, 4) is 17.2 Å². The number of allylic oxidation sites excluding steroid dienone is 1. The predicted octanol–water partition coefficient (Wildman–Crippen LogP) is 4.22. The fraction of sp³-hybridized carbons (Fsp3) is 0.238. The smallest absolute Gasteiger partial charge is 0.231 e. The molecule has 0 bridgehead atoms. The minimum absolute atomic E-state index is 0.0763. The second-order valence-corrected chi connectivity index (χ2v) is 7.33. The number of benzene rings is 2. The number of hydrogen-bond acceptors (Lipinski definition) is 7. The normalized spacial score (nSPS) is 15.4. The van der Waals surface area contributed by atoms with Crippen molar-refractivity contribution in [3.05, 3.63) is 53.6 Å². The lowest BCUT2D eigenvalue weighted by atomic mass is 10.1. The fourth-order valence-corrected chi connectivity index (χ4v) is 3.73. The summed E-state index contributed by atoms with van der Waals surface area (Å²) in [4.78, 5) is 16.9. The summed E-state index contributed by atoms with van der Waals surface area (Å²) in [6.07, 6.45) is 4.40. The van der Waals surface area contributed by atoms with Crippen LogP contribution in [0, 0.1) is 0 Å². The molecule has 2 aromatic rings. The van der Waals surface area contributed by atoms with E-state index in [0.717, 1.165) is 35.1 Å². The second-order valence-electron chi connectivity index (χ2n) is 6.25. The predicted molar refractivity (Wildman–Crippen MR) is 112 cm³/mol. The van der Waals surface area contributed by atoms with Crippen molar-refractivity contribution in [2.45, 2.75) is 6.42 Å². The van der Waals surface area contributed by atoms with Crippen molar-refractivity contribution in [1.29, 1.82) is 0 Å². The molecule has 2 heterocycles. The molecular weight excluding hydrogens is 376 g/mol. The van der Waals surface area contributed by atoms with E-state index in [0.29, 0.717) is 22.8 Å². The van der Waals surface area contributed by atoms with Crippen molar-refractivity contribution in [1.82, 2.24) is 0 Å². The lowest BCUT2D eigenvalue weighted by Gasteiger charge is -2.13. The Morgan fingerprint density at radius 3 is 2.86 bits per heavy atom. The Morgan fingerprint density at radius 2 is 2.11 bits per heavy atom. The van der Waals surface area contributed by atoms with E-state index in [1.54, 1.807) is 31.0 Å². The zero-order valence-electron chi connectivity index (χ0n) is 15.4. The van der Waals surface area contributed by atoms with E-state index in [-0.39, 0.29) is 12.6 Å². The maximum absolute atomic E-state index is 12.5. The molecule has 0 aromatic heterocycles. The van der Waals surface area contributed by atoms with Crippen LogP contribution in [-0.2, 0) is 0 Å². The summed E-state index contributed by atoms with van der Waals surface area (Å²) in [5.74, 6) is 2.80. The maximum Gasteiger partial charge on any atom is 0.231 e. The van der Waals surface area contributed by atoms with Gasteiger partial charge in [-0.05, 0) is 54.5 Å². The van der Waals surface area contributed by atoms with Gasteiger partial charge in [0.05, 0.1) is 7.11 Å². The number of thioether (sulfide) groups is 1. The zero-order valence-corrected chi connectivity index (χ0v) is 16.3. The van der Waals surface area contributed by atoms with Crippen molar-refractivity contribution in [3.63, 3.8) is 0 Å². The summed E-state index contributed by atoms with van der Waals surface area (Å²) in [5, 5.41) is 4.22. The number of carbonyl (C=O) groups is 1. The van der Waals surface area contributed by atoms with Crippen molar-refractivity contribution in [2.24, 2.45) is 4.99 Å². The van der Waals surface area contributed by atoms with E-state index in [2.05, 4.69) is 10.3 Å². The van der Waals surface area contributed by atoms with Gasteiger partial charge in [0.25, 0.3) is 0 Å². The Bertz CT molecular complexity index is 938. The molecule has 2 aliphatic rings.